The van der Waals surface area contributed by atoms with Gasteiger partial charge in [0.25, 0.3) is 5.78 Å². The zero-order chi connectivity index (χ0) is 15.1. The maximum absolute atomic E-state index is 4.65. The van der Waals surface area contributed by atoms with Crippen LogP contribution >= 0.6 is 23.1 Å². The molecule has 22 heavy (non-hydrogen) atoms. The summed E-state index contributed by atoms with van der Waals surface area (Å²) in [5.41, 5.74) is 3.11. The predicted molar refractivity (Wildman–Crippen MR) is 89.4 cm³/mol. The minimum Gasteiger partial charge on any atom is -0.259 e. The van der Waals surface area contributed by atoms with Gasteiger partial charge in [0.05, 0.1) is 16.0 Å². The standard InChI is InChI=1S/C15H13N5S2/c1-9-7-10(2)20-14(16-9)18-19-15(20)21-8-13-17-11-5-3-4-6-12(11)22-13/h3-7H,8H2,1-2H3. The van der Waals surface area contributed by atoms with Gasteiger partial charge in [-0.15, -0.1) is 21.5 Å². The lowest BCUT2D eigenvalue weighted by Gasteiger charge is -2.03. The van der Waals surface area contributed by atoms with Crippen molar-refractivity contribution in [1.29, 1.82) is 0 Å². The fourth-order valence-corrected chi connectivity index (χ4v) is 4.35. The first kappa shape index (κ1) is 13.7. The molecule has 0 fully saturated rings. The largest absolute Gasteiger partial charge is 0.259 e. The summed E-state index contributed by atoms with van der Waals surface area (Å²) in [5, 5.41) is 10.4. The Kier molecular flexibility index (Phi) is 3.31. The van der Waals surface area contributed by atoms with E-state index in [2.05, 4.69) is 26.2 Å². The van der Waals surface area contributed by atoms with E-state index in [1.807, 2.05) is 42.5 Å². The molecule has 0 saturated carbocycles. The summed E-state index contributed by atoms with van der Waals surface area (Å²) < 4.78 is 3.21. The number of thiazole rings is 1. The normalized spacial score (nSPS) is 11.5. The number of benzene rings is 1. The summed E-state index contributed by atoms with van der Waals surface area (Å²) >= 11 is 3.37. The van der Waals surface area contributed by atoms with Gasteiger partial charge in [-0.2, -0.15) is 0 Å². The number of hydrogen-bond donors (Lipinski definition) is 0. The average Bonchev–Trinajstić information content (AvgIpc) is 3.08. The van der Waals surface area contributed by atoms with E-state index in [9.17, 15) is 0 Å². The van der Waals surface area contributed by atoms with Gasteiger partial charge >= 0.3 is 0 Å². The lowest BCUT2D eigenvalue weighted by atomic mass is 10.3. The number of nitrogens with zero attached hydrogens (tertiary/aromatic N) is 5. The molecule has 0 aliphatic carbocycles. The molecule has 0 amide bonds. The highest BCUT2D eigenvalue weighted by molar-refractivity contribution is 7.98. The van der Waals surface area contributed by atoms with E-state index in [-0.39, 0.29) is 0 Å². The first-order valence-corrected chi connectivity index (χ1v) is 8.67. The molecule has 5 nitrogen and oxygen atoms in total. The Morgan fingerprint density at radius 1 is 1.14 bits per heavy atom. The highest BCUT2D eigenvalue weighted by atomic mass is 32.2. The van der Waals surface area contributed by atoms with Crippen LogP contribution in [-0.4, -0.2) is 24.6 Å². The third kappa shape index (κ3) is 2.36. The van der Waals surface area contributed by atoms with Crippen LogP contribution in [0.2, 0.25) is 0 Å². The van der Waals surface area contributed by atoms with E-state index < -0.39 is 0 Å². The van der Waals surface area contributed by atoms with Crippen LogP contribution in [0.15, 0.2) is 35.5 Å². The van der Waals surface area contributed by atoms with Crippen molar-refractivity contribution in [3.8, 4) is 0 Å². The van der Waals surface area contributed by atoms with Crippen molar-refractivity contribution in [3.63, 3.8) is 0 Å². The zero-order valence-corrected chi connectivity index (χ0v) is 13.8. The molecule has 0 bridgehead atoms. The van der Waals surface area contributed by atoms with Gasteiger partial charge in [0.15, 0.2) is 5.16 Å². The smallest absolute Gasteiger partial charge is 0.256 e. The highest BCUT2D eigenvalue weighted by Gasteiger charge is 2.11. The Hall–Kier alpha value is -1.99. The summed E-state index contributed by atoms with van der Waals surface area (Å²) in [6, 6.07) is 10.2. The third-order valence-corrected chi connectivity index (χ3v) is 5.49. The molecule has 3 aromatic heterocycles. The van der Waals surface area contributed by atoms with Gasteiger partial charge in [-0.25, -0.2) is 9.97 Å². The molecule has 0 spiro atoms. The molecule has 0 radical (unpaired) electrons. The number of thioether (sulfide) groups is 1. The monoisotopic (exact) mass is 327 g/mol. The van der Waals surface area contributed by atoms with Crippen LogP contribution in [0.3, 0.4) is 0 Å². The van der Waals surface area contributed by atoms with Gasteiger partial charge < -0.3 is 0 Å². The Balaban J connectivity index is 1.64. The topological polar surface area (TPSA) is 56.0 Å². The first-order valence-electron chi connectivity index (χ1n) is 6.87. The Morgan fingerprint density at radius 2 is 2.00 bits per heavy atom. The fourth-order valence-electron chi connectivity index (χ4n) is 2.40. The van der Waals surface area contributed by atoms with Crippen LogP contribution < -0.4 is 0 Å². The number of aryl methyl sites for hydroxylation is 2. The molecule has 0 atom stereocenters. The fraction of sp³-hybridized carbons (Fsp3) is 0.200. The molecule has 0 N–H and O–H groups in total. The highest BCUT2D eigenvalue weighted by Crippen LogP contribution is 2.28. The van der Waals surface area contributed by atoms with Crippen LogP contribution in [0.4, 0.5) is 0 Å². The van der Waals surface area contributed by atoms with Crippen molar-refractivity contribution in [2.24, 2.45) is 0 Å². The summed E-state index contributed by atoms with van der Waals surface area (Å²) in [6.07, 6.45) is 0. The number of hydrogen-bond acceptors (Lipinski definition) is 6. The maximum atomic E-state index is 4.65. The Labute approximate surface area is 135 Å². The van der Waals surface area contributed by atoms with E-state index in [0.29, 0.717) is 5.78 Å². The number of fused-ring (bicyclic) bond motifs is 2. The maximum Gasteiger partial charge on any atom is 0.256 e. The molecule has 0 aliphatic heterocycles. The first-order chi connectivity index (χ1) is 10.7. The van der Waals surface area contributed by atoms with E-state index in [4.69, 9.17) is 0 Å². The Bertz CT molecular complexity index is 940. The second-order valence-corrected chi connectivity index (χ2v) is 7.08. The number of aromatic nitrogens is 5. The van der Waals surface area contributed by atoms with E-state index >= 15 is 0 Å². The third-order valence-electron chi connectivity index (χ3n) is 3.33. The SMILES string of the molecule is Cc1cc(C)n2c(SCc3nc4ccccc4s3)nnc2n1. The van der Waals surface area contributed by atoms with Gasteiger partial charge in [-0.05, 0) is 32.0 Å². The van der Waals surface area contributed by atoms with Crippen molar-refractivity contribution < 1.29 is 0 Å². The minimum absolute atomic E-state index is 0.657. The quantitative estimate of drug-likeness (QED) is 0.538. The van der Waals surface area contributed by atoms with Crippen LogP contribution in [-0.2, 0) is 5.75 Å². The lowest BCUT2D eigenvalue weighted by molar-refractivity contribution is 0.886. The second kappa shape index (κ2) is 5.33. The molecule has 7 heteroatoms. The summed E-state index contributed by atoms with van der Waals surface area (Å²) in [5.74, 6) is 1.44. The van der Waals surface area contributed by atoms with Gasteiger partial charge in [-0.1, -0.05) is 23.9 Å². The molecule has 4 rings (SSSR count). The molecule has 0 saturated heterocycles. The summed E-state index contributed by atoms with van der Waals surface area (Å²) in [4.78, 5) is 9.06. The van der Waals surface area contributed by atoms with Gasteiger partial charge in [0, 0.05) is 11.4 Å². The predicted octanol–water partition coefficient (Wildman–Crippen LogP) is 3.64. The average molecular weight is 327 g/mol. The van der Waals surface area contributed by atoms with Gasteiger partial charge in [0.2, 0.25) is 0 Å². The van der Waals surface area contributed by atoms with Crippen LogP contribution in [0.1, 0.15) is 16.4 Å². The number of rotatable bonds is 3. The van der Waals surface area contributed by atoms with Crippen LogP contribution in [0.25, 0.3) is 16.0 Å². The molecule has 0 unspecified atom stereocenters. The zero-order valence-electron chi connectivity index (χ0n) is 12.1. The van der Waals surface area contributed by atoms with Crippen molar-refractivity contribution in [2.45, 2.75) is 24.8 Å². The van der Waals surface area contributed by atoms with E-state index in [1.165, 1.54) is 4.70 Å². The molecular formula is C15H13N5S2. The minimum atomic E-state index is 0.657. The molecule has 0 aliphatic rings. The van der Waals surface area contributed by atoms with Crippen molar-refractivity contribution in [3.05, 3.63) is 46.7 Å². The van der Waals surface area contributed by atoms with Crippen LogP contribution in [0.5, 0.6) is 0 Å². The van der Waals surface area contributed by atoms with Crippen molar-refractivity contribution in [2.75, 3.05) is 0 Å². The van der Waals surface area contributed by atoms with Gasteiger partial charge in [-0.3, -0.25) is 4.40 Å². The van der Waals surface area contributed by atoms with Crippen molar-refractivity contribution in [1.82, 2.24) is 24.6 Å². The Morgan fingerprint density at radius 3 is 2.86 bits per heavy atom. The molecular weight excluding hydrogens is 314 g/mol. The molecule has 1 aromatic carbocycles. The van der Waals surface area contributed by atoms with E-state index in [1.54, 1.807) is 23.1 Å². The molecule has 3 heterocycles. The lowest BCUT2D eigenvalue weighted by Crippen LogP contribution is -1.97. The van der Waals surface area contributed by atoms with Crippen LogP contribution in [0, 0.1) is 13.8 Å². The molecule has 4 aromatic rings. The second-order valence-electron chi connectivity index (χ2n) is 5.02. The summed E-state index contributed by atoms with van der Waals surface area (Å²) in [6.45, 7) is 4.02. The summed E-state index contributed by atoms with van der Waals surface area (Å²) in [7, 11) is 0. The van der Waals surface area contributed by atoms with Crippen molar-refractivity contribution >= 4 is 39.1 Å². The van der Waals surface area contributed by atoms with Gasteiger partial charge in [0.1, 0.15) is 5.01 Å². The molecule has 110 valence electrons. The number of para-hydroxylation sites is 1. The van der Waals surface area contributed by atoms with E-state index in [0.717, 1.165) is 32.8 Å².